The lowest BCUT2D eigenvalue weighted by molar-refractivity contribution is -0.392. The van der Waals surface area contributed by atoms with E-state index in [9.17, 15) is 14.3 Å². The highest BCUT2D eigenvalue weighted by molar-refractivity contribution is 7.85. The molecule has 0 aliphatic carbocycles. The van der Waals surface area contributed by atoms with Gasteiger partial charge in [-0.25, -0.2) is 19.2 Å². The Bertz CT molecular complexity index is 839. The summed E-state index contributed by atoms with van der Waals surface area (Å²) in [4.78, 5) is 28.4. The van der Waals surface area contributed by atoms with Gasteiger partial charge in [0.15, 0.2) is 10.7 Å². The van der Waals surface area contributed by atoms with E-state index < -0.39 is 21.5 Å². The van der Waals surface area contributed by atoms with E-state index in [0.29, 0.717) is 11.2 Å². The molecule has 0 saturated heterocycles. The van der Waals surface area contributed by atoms with Gasteiger partial charge in [-0.2, -0.15) is 0 Å². The summed E-state index contributed by atoms with van der Waals surface area (Å²) in [5.41, 5.74) is 0.717. The minimum absolute atomic E-state index is 0.0374. The van der Waals surface area contributed by atoms with Gasteiger partial charge in [0.1, 0.15) is 22.6 Å². The van der Waals surface area contributed by atoms with Crippen LogP contribution in [0.3, 0.4) is 0 Å². The maximum atomic E-state index is 12.6. The Labute approximate surface area is 113 Å². The molecule has 11 heteroatoms. The Morgan fingerprint density at radius 3 is 2.90 bits per heavy atom. The van der Waals surface area contributed by atoms with Crippen molar-refractivity contribution < 1.29 is 9.13 Å². The minimum atomic E-state index is -1.88. The molecular weight excluding hydrogens is 286 g/mol. The van der Waals surface area contributed by atoms with Gasteiger partial charge < -0.3 is 15.1 Å². The molecule has 0 spiro atoms. The predicted octanol–water partition coefficient (Wildman–Crippen LogP) is 0.161. The van der Waals surface area contributed by atoms with Crippen molar-refractivity contribution in [3.05, 3.63) is 29.1 Å². The molecule has 10 nitrogen and oxygen atoms in total. The molecule has 0 aliphatic heterocycles. The number of aryl methyl sites for hydroxylation is 1. The topological polar surface area (TPSA) is 132 Å². The normalized spacial score (nSPS) is 12.7. The number of rotatable bonds is 3. The summed E-state index contributed by atoms with van der Waals surface area (Å²) in [6.45, 7) is 0. The van der Waals surface area contributed by atoms with Gasteiger partial charge in [-0.3, -0.25) is 4.57 Å². The Hall–Kier alpha value is -2.69. The maximum absolute atomic E-state index is 12.6. The number of imidazole rings is 2. The number of fused-ring (bicyclic) bond motifs is 1. The second-order valence-corrected chi connectivity index (χ2v) is 5.10. The van der Waals surface area contributed by atoms with Crippen molar-refractivity contribution in [2.75, 3.05) is 0 Å². The van der Waals surface area contributed by atoms with Gasteiger partial charge in [0.25, 0.3) is 0 Å². The van der Waals surface area contributed by atoms with Gasteiger partial charge in [0, 0.05) is 7.05 Å². The molecule has 0 saturated carbocycles. The summed E-state index contributed by atoms with van der Waals surface area (Å²) in [5.74, 6) is -0.461. The first-order chi connectivity index (χ1) is 9.59. The first-order valence-corrected chi connectivity index (χ1v) is 6.46. The second-order valence-electron chi connectivity index (χ2n) is 3.79. The predicted molar refractivity (Wildman–Crippen MR) is 66.2 cm³/mol. The average molecular weight is 293 g/mol. The third-order valence-electron chi connectivity index (χ3n) is 2.58. The number of nitro groups is 1. The van der Waals surface area contributed by atoms with E-state index >= 15 is 0 Å². The van der Waals surface area contributed by atoms with E-state index in [-0.39, 0.29) is 10.1 Å². The van der Waals surface area contributed by atoms with Crippen LogP contribution in [-0.2, 0) is 17.8 Å². The number of hydrogen-bond donors (Lipinski definition) is 1. The van der Waals surface area contributed by atoms with E-state index in [2.05, 4.69) is 24.9 Å². The summed E-state index contributed by atoms with van der Waals surface area (Å²) in [6, 6.07) is 0. The molecule has 3 aromatic rings. The van der Waals surface area contributed by atoms with Crippen LogP contribution < -0.4 is 0 Å². The quantitative estimate of drug-likeness (QED) is 0.413. The van der Waals surface area contributed by atoms with Gasteiger partial charge in [0.05, 0.1) is 6.33 Å². The molecule has 102 valence electrons. The fourth-order valence-corrected chi connectivity index (χ4v) is 2.98. The number of aromatic nitrogens is 6. The molecular formula is C9H7N7O3S. The number of H-pyrrole nitrogens is 1. The largest absolute Gasteiger partial charge is 0.399 e. The molecule has 3 heterocycles. The Morgan fingerprint density at radius 2 is 2.15 bits per heavy atom. The zero-order valence-corrected chi connectivity index (χ0v) is 10.9. The lowest BCUT2D eigenvalue weighted by Crippen LogP contribution is -2.06. The van der Waals surface area contributed by atoms with Crippen molar-refractivity contribution >= 4 is 27.8 Å². The Morgan fingerprint density at radius 1 is 1.35 bits per heavy atom. The van der Waals surface area contributed by atoms with Gasteiger partial charge in [0.2, 0.25) is 11.4 Å². The van der Waals surface area contributed by atoms with Crippen LogP contribution in [0, 0.1) is 10.1 Å². The summed E-state index contributed by atoms with van der Waals surface area (Å²) in [7, 11) is -0.350. The van der Waals surface area contributed by atoms with Gasteiger partial charge in [-0.05, 0) is 9.91 Å². The summed E-state index contributed by atoms with van der Waals surface area (Å²) >= 11 is 0. The molecule has 0 bridgehead atoms. The third kappa shape index (κ3) is 1.75. The van der Waals surface area contributed by atoms with E-state index in [1.807, 2.05) is 0 Å². The zero-order valence-electron chi connectivity index (χ0n) is 10.0. The van der Waals surface area contributed by atoms with Crippen molar-refractivity contribution in [1.29, 1.82) is 0 Å². The first-order valence-electron chi connectivity index (χ1n) is 5.31. The molecule has 0 fully saturated rings. The fraction of sp³-hybridized carbons (Fsp3) is 0.111. The van der Waals surface area contributed by atoms with Crippen LogP contribution in [0.5, 0.6) is 0 Å². The molecule has 1 atom stereocenters. The van der Waals surface area contributed by atoms with Crippen molar-refractivity contribution in [2.24, 2.45) is 7.05 Å². The van der Waals surface area contributed by atoms with Crippen LogP contribution in [0.4, 0.5) is 5.82 Å². The molecule has 1 unspecified atom stereocenters. The zero-order chi connectivity index (χ0) is 14.3. The molecule has 0 amide bonds. The molecule has 0 radical (unpaired) electrons. The van der Waals surface area contributed by atoms with E-state index in [1.54, 1.807) is 0 Å². The molecule has 0 aromatic carbocycles. The standard InChI is InChI=1S/C9H7N7O3S/c1-15-4-14-7(16(17)18)9(15)20(19)8-5-6(11-2-10-5)12-3-13-8/h2-4H,1H3,(H,10,11,12,13). The van der Waals surface area contributed by atoms with Crippen LogP contribution in [0.2, 0.25) is 0 Å². The lowest BCUT2D eigenvalue weighted by atomic mass is 10.6. The first kappa shape index (κ1) is 12.3. The molecule has 1 N–H and O–H groups in total. The molecule has 3 rings (SSSR count). The SMILES string of the molecule is Cn1cnc([N+](=O)[O-])c1S(=O)c1ncnc2nc[nH]c12. The van der Waals surface area contributed by atoms with Gasteiger partial charge in [-0.1, -0.05) is 0 Å². The van der Waals surface area contributed by atoms with Gasteiger partial charge in [-0.15, -0.1) is 0 Å². The van der Waals surface area contributed by atoms with Crippen LogP contribution >= 0.6 is 0 Å². The van der Waals surface area contributed by atoms with Crippen molar-refractivity contribution in [2.45, 2.75) is 10.1 Å². The van der Waals surface area contributed by atoms with Crippen molar-refractivity contribution in [1.82, 2.24) is 29.5 Å². The molecule has 0 aliphatic rings. The lowest BCUT2D eigenvalue weighted by Gasteiger charge is -2.02. The molecule has 20 heavy (non-hydrogen) atoms. The third-order valence-corrected chi connectivity index (χ3v) is 4.06. The number of aromatic amines is 1. The van der Waals surface area contributed by atoms with E-state index in [1.165, 1.54) is 30.6 Å². The minimum Gasteiger partial charge on any atom is -0.358 e. The van der Waals surface area contributed by atoms with Crippen LogP contribution in [0.25, 0.3) is 11.2 Å². The Balaban J connectivity index is 2.21. The van der Waals surface area contributed by atoms with E-state index in [4.69, 9.17) is 0 Å². The number of nitrogens with one attached hydrogen (secondary N) is 1. The highest BCUT2D eigenvalue weighted by atomic mass is 32.2. The highest BCUT2D eigenvalue weighted by Crippen LogP contribution is 2.25. The fourth-order valence-electron chi connectivity index (χ4n) is 1.72. The average Bonchev–Trinajstić information content (AvgIpc) is 3.03. The van der Waals surface area contributed by atoms with Gasteiger partial charge >= 0.3 is 5.82 Å². The van der Waals surface area contributed by atoms with E-state index in [0.717, 1.165) is 0 Å². The summed E-state index contributed by atoms with van der Waals surface area (Å²) < 4.78 is 13.9. The van der Waals surface area contributed by atoms with Crippen molar-refractivity contribution in [3.63, 3.8) is 0 Å². The number of nitrogens with zero attached hydrogens (tertiary/aromatic N) is 6. The number of hydrogen-bond acceptors (Lipinski definition) is 7. The van der Waals surface area contributed by atoms with Crippen LogP contribution in [0.1, 0.15) is 0 Å². The van der Waals surface area contributed by atoms with Crippen molar-refractivity contribution in [3.8, 4) is 0 Å². The Kier molecular flexibility index (Phi) is 2.75. The molecule has 3 aromatic heterocycles. The van der Waals surface area contributed by atoms with Crippen LogP contribution in [0.15, 0.2) is 29.0 Å². The smallest absolute Gasteiger partial charge is 0.358 e. The second kappa shape index (κ2) is 4.45. The summed E-state index contributed by atoms with van der Waals surface area (Å²) in [6.07, 6.45) is 3.83. The maximum Gasteiger partial charge on any atom is 0.399 e. The van der Waals surface area contributed by atoms with Crippen LogP contribution in [-0.4, -0.2) is 38.6 Å². The highest BCUT2D eigenvalue weighted by Gasteiger charge is 2.28. The monoisotopic (exact) mass is 293 g/mol. The summed E-state index contributed by atoms with van der Waals surface area (Å²) in [5, 5.41) is 11.0.